The van der Waals surface area contributed by atoms with Crippen LogP contribution in [0, 0.1) is 0 Å². The van der Waals surface area contributed by atoms with E-state index in [1.54, 1.807) is 0 Å². The first-order chi connectivity index (χ1) is 9.67. The molecule has 0 aromatic carbocycles. The highest BCUT2D eigenvalue weighted by atomic mass is 16.3. The number of β-amino-alcohol motifs (C(OH)–C–C–N with tert-alkyl or cyclic N) is 1. The number of nitrogens with zero attached hydrogens (tertiary/aromatic N) is 2. The third-order valence-corrected chi connectivity index (χ3v) is 5.53. The van der Waals surface area contributed by atoms with Gasteiger partial charge in [-0.3, -0.25) is 9.88 Å². The van der Waals surface area contributed by atoms with Gasteiger partial charge in [0.2, 0.25) is 0 Å². The van der Waals surface area contributed by atoms with Gasteiger partial charge in [-0.25, -0.2) is 0 Å². The monoisotopic (exact) mass is 272 g/mol. The molecule has 3 atom stereocenters. The van der Waals surface area contributed by atoms with Gasteiger partial charge in [0.1, 0.15) is 0 Å². The lowest BCUT2D eigenvalue weighted by molar-refractivity contribution is 0.0132. The van der Waals surface area contributed by atoms with Gasteiger partial charge in [-0.15, -0.1) is 0 Å². The van der Waals surface area contributed by atoms with Crippen LogP contribution in [-0.2, 0) is 6.42 Å². The number of fused-ring (bicyclic) bond motifs is 1. The van der Waals surface area contributed by atoms with E-state index in [2.05, 4.69) is 22.9 Å². The van der Waals surface area contributed by atoms with Crippen molar-refractivity contribution in [2.24, 2.45) is 0 Å². The molecule has 108 valence electrons. The van der Waals surface area contributed by atoms with Gasteiger partial charge in [0.25, 0.3) is 0 Å². The summed E-state index contributed by atoms with van der Waals surface area (Å²) in [5, 5.41) is 11.3. The summed E-state index contributed by atoms with van der Waals surface area (Å²) >= 11 is 0. The Morgan fingerprint density at radius 3 is 3.00 bits per heavy atom. The SMILES string of the molecule is CC1CC(O)(C2CCCc3cccnc32)CN1C1CC1. The van der Waals surface area contributed by atoms with Crippen molar-refractivity contribution in [3.8, 4) is 0 Å². The summed E-state index contributed by atoms with van der Waals surface area (Å²) in [5.74, 6) is 0.235. The highest BCUT2D eigenvalue weighted by molar-refractivity contribution is 5.29. The number of likely N-dealkylation sites (tertiary alicyclic amines) is 1. The van der Waals surface area contributed by atoms with Crippen molar-refractivity contribution in [1.29, 1.82) is 0 Å². The average Bonchev–Trinajstić information content (AvgIpc) is 3.24. The molecule has 3 heteroatoms. The molecule has 2 fully saturated rings. The Kier molecular flexibility index (Phi) is 2.90. The molecule has 1 saturated carbocycles. The van der Waals surface area contributed by atoms with Crippen molar-refractivity contribution in [1.82, 2.24) is 9.88 Å². The topological polar surface area (TPSA) is 36.4 Å². The van der Waals surface area contributed by atoms with Gasteiger partial charge in [-0.1, -0.05) is 6.07 Å². The molecular formula is C17H24N2O. The Balaban J connectivity index is 1.64. The predicted molar refractivity (Wildman–Crippen MR) is 78.7 cm³/mol. The summed E-state index contributed by atoms with van der Waals surface area (Å²) in [6.45, 7) is 3.12. The lowest BCUT2D eigenvalue weighted by atomic mass is 9.74. The van der Waals surface area contributed by atoms with Crippen molar-refractivity contribution >= 4 is 0 Å². The van der Waals surface area contributed by atoms with Crippen LogP contribution in [0.4, 0.5) is 0 Å². The largest absolute Gasteiger partial charge is 0.388 e. The van der Waals surface area contributed by atoms with Crippen LogP contribution in [0.5, 0.6) is 0 Å². The van der Waals surface area contributed by atoms with Crippen molar-refractivity contribution in [3.63, 3.8) is 0 Å². The number of rotatable bonds is 2. The second-order valence-corrected chi connectivity index (χ2v) is 7.05. The molecular weight excluding hydrogens is 248 g/mol. The third-order valence-electron chi connectivity index (χ3n) is 5.53. The van der Waals surface area contributed by atoms with E-state index in [1.165, 1.54) is 30.5 Å². The van der Waals surface area contributed by atoms with Crippen molar-refractivity contribution in [3.05, 3.63) is 29.6 Å². The summed E-state index contributed by atoms with van der Waals surface area (Å²) in [4.78, 5) is 7.16. The van der Waals surface area contributed by atoms with Crippen LogP contribution in [0.25, 0.3) is 0 Å². The maximum absolute atomic E-state index is 11.3. The van der Waals surface area contributed by atoms with Crippen molar-refractivity contribution < 1.29 is 5.11 Å². The summed E-state index contributed by atoms with van der Waals surface area (Å²) in [5.41, 5.74) is 1.96. The van der Waals surface area contributed by atoms with Gasteiger partial charge in [-0.05, 0) is 57.1 Å². The van der Waals surface area contributed by atoms with Crippen LogP contribution < -0.4 is 0 Å². The molecule has 0 radical (unpaired) electrons. The molecule has 4 rings (SSSR count). The lowest BCUT2D eigenvalue weighted by Crippen LogP contribution is -2.41. The summed E-state index contributed by atoms with van der Waals surface area (Å²) < 4.78 is 0. The first kappa shape index (κ1) is 12.8. The lowest BCUT2D eigenvalue weighted by Gasteiger charge is -2.36. The van der Waals surface area contributed by atoms with E-state index in [1.807, 2.05) is 12.3 Å². The van der Waals surface area contributed by atoms with E-state index < -0.39 is 5.60 Å². The van der Waals surface area contributed by atoms with Gasteiger partial charge in [-0.2, -0.15) is 0 Å². The Morgan fingerprint density at radius 2 is 2.20 bits per heavy atom. The molecule has 0 spiro atoms. The van der Waals surface area contributed by atoms with Gasteiger partial charge < -0.3 is 5.11 Å². The van der Waals surface area contributed by atoms with Gasteiger partial charge >= 0.3 is 0 Å². The van der Waals surface area contributed by atoms with Crippen molar-refractivity contribution in [2.75, 3.05) is 6.54 Å². The van der Waals surface area contributed by atoms with Gasteiger partial charge in [0.15, 0.2) is 0 Å². The smallest absolute Gasteiger partial charge is 0.0872 e. The van der Waals surface area contributed by atoms with E-state index in [4.69, 9.17) is 0 Å². The molecule has 2 heterocycles. The molecule has 1 saturated heterocycles. The van der Waals surface area contributed by atoms with Crippen LogP contribution in [0.3, 0.4) is 0 Å². The number of pyridine rings is 1. The summed E-state index contributed by atoms with van der Waals surface area (Å²) in [6.07, 6.45) is 8.83. The Hall–Kier alpha value is -0.930. The molecule has 3 aliphatic rings. The van der Waals surface area contributed by atoms with E-state index in [9.17, 15) is 5.11 Å². The zero-order valence-electron chi connectivity index (χ0n) is 12.3. The molecule has 3 unspecified atom stereocenters. The molecule has 1 aromatic heterocycles. The minimum absolute atomic E-state index is 0.235. The van der Waals surface area contributed by atoms with Crippen LogP contribution in [0.1, 0.15) is 56.2 Å². The van der Waals surface area contributed by atoms with E-state index >= 15 is 0 Å². The van der Waals surface area contributed by atoms with Crippen LogP contribution in [0.15, 0.2) is 18.3 Å². The minimum Gasteiger partial charge on any atom is -0.388 e. The summed E-state index contributed by atoms with van der Waals surface area (Å²) in [6, 6.07) is 5.47. The van der Waals surface area contributed by atoms with E-state index in [-0.39, 0.29) is 5.92 Å². The maximum atomic E-state index is 11.3. The zero-order chi connectivity index (χ0) is 13.7. The molecule has 1 N–H and O–H groups in total. The van der Waals surface area contributed by atoms with E-state index in [0.29, 0.717) is 6.04 Å². The summed E-state index contributed by atoms with van der Waals surface area (Å²) in [7, 11) is 0. The maximum Gasteiger partial charge on any atom is 0.0872 e. The Labute approximate surface area is 121 Å². The molecule has 2 aliphatic carbocycles. The van der Waals surface area contributed by atoms with Crippen LogP contribution >= 0.6 is 0 Å². The molecule has 0 amide bonds. The highest BCUT2D eigenvalue weighted by Crippen LogP contribution is 2.46. The minimum atomic E-state index is -0.564. The Bertz CT molecular complexity index is 513. The average molecular weight is 272 g/mol. The fourth-order valence-electron chi connectivity index (χ4n) is 4.45. The van der Waals surface area contributed by atoms with Gasteiger partial charge in [0.05, 0.1) is 5.60 Å². The molecule has 1 aromatic rings. The second kappa shape index (κ2) is 4.54. The Morgan fingerprint density at radius 1 is 1.35 bits per heavy atom. The first-order valence-electron chi connectivity index (χ1n) is 8.09. The van der Waals surface area contributed by atoms with Gasteiger partial charge in [0, 0.05) is 36.4 Å². The number of aliphatic hydroxyl groups is 1. The standard InChI is InChI=1S/C17H24N2O/c1-12-10-17(20,11-19(12)14-7-8-14)15-6-2-4-13-5-3-9-18-16(13)15/h3,5,9,12,14-15,20H,2,4,6-8,10-11H2,1H3. The fraction of sp³-hybridized carbons (Fsp3) is 0.706. The zero-order valence-corrected chi connectivity index (χ0v) is 12.3. The molecule has 3 nitrogen and oxygen atoms in total. The normalized spacial score (nSPS) is 37.9. The number of hydrogen-bond acceptors (Lipinski definition) is 3. The van der Waals surface area contributed by atoms with Crippen LogP contribution in [-0.4, -0.2) is 39.2 Å². The number of hydrogen-bond donors (Lipinski definition) is 1. The molecule has 20 heavy (non-hydrogen) atoms. The first-order valence-corrected chi connectivity index (χ1v) is 8.09. The second-order valence-electron chi connectivity index (χ2n) is 7.05. The molecule has 0 bridgehead atoms. The van der Waals surface area contributed by atoms with Crippen LogP contribution in [0.2, 0.25) is 0 Å². The highest BCUT2D eigenvalue weighted by Gasteiger charge is 2.51. The quantitative estimate of drug-likeness (QED) is 0.898. The predicted octanol–water partition coefficient (Wildman–Crippen LogP) is 2.49. The van der Waals surface area contributed by atoms with Crippen molar-refractivity contribution in [2.45, 2.75) is 69.1 Å². The molecule has 1 aliphatic heterocycles. The van der Waals surface area contributed by atoms with E-state index in [0.717, 1.165) is 31.8 Å². The third kappa shape index (κ3) is 1.99. The number of aromatic nitrogens is 1. The fourth-order valence-corrected chi connectivity index (χ4v) is 4.45. The number of aryl methyl sites for hydroxylation is 1.